The molecule has 0 saturated carbocycles. The number of anilines is 1. The summed E-state index contributed by atoms with van der Waals surface area (Å²) in [6, 6.07) is -0.746. The summed E-state index contributed by atoms with van der Waals surface area (Å²) in [6.45, 7) is 5.68. The van der Waals surface area contributed by atoms with Gasteiger partial charge in [0.1, 0.15) is 16.9 Å². The molecule has 0 radical (unpaired) electrons. The zero-order chi connectivity index (χ0) is 15.8. The first-order valence-electron chi connectivity index (χ1n) is 6.53. The molecule has 0 fully saturated rings. The average Bonchev–Trinajstić information content (AvgIpc) is 2.43. The van der Waals surface area contributed by atoms with Crippen molar-refractivity contribution in [3.8, 4) is 0 Å². The Morgan fingerprint density at radius 2 is 2.14 bits per heavy atom. The maximum absolute atomic E-state index is 11.3. The third kappa shape index (κ3) is 5.99. The molecule has 0 aliphatic heterocycles. The Morgan fingerprint density at radius 3 is 2.71 bits per heavy atom. The number of aromatic nitrogens is 2. The summed E-state index contributed by atoms with van der Waals surface area (Å²) in [5.41, 5.74) is 0. The highest BCUT2D eigenvalue weighted by molar-refractivity contribution is 7.99. The molecule has 2 N–H and O–H groups in total. The number of nitrogens with zero attached hydrogens (tertiary/aromatic N) is 2. The summed E-state index contributed by atoms with van der Waals surface area (Å²) in [5, 5.41) is 12.5. The van der Waals surface area contributed by atoms with E-state index in [1.807, 2.05) is 0 Å². The number of esters is 1. The Bertz CT molecular complexity index is 496. The Balaban J connectivity index is 2.67. The smallest absolute Gasteiger partial charge is 0.326 e. The first kappa shape index (κ1) is 17.2. The highest BCUT2D eigenvalue weighted by atomic mass is 32.2. The van der Waals surface area contributed by atoms with E-state index in [2.05, 4.69) is 15.3 Å². The summed E-state index contributed by atoms with van der Waals surface area (Å²) < 4.78 is 4.82. The number of carboxylic acids is 1. The molecule has 0 saturated heterocycles. The van der Waals surface area contributed by atoms with E-state index in [-0.39, 0.29) is 17.6 Å². The van der Waals surface area contributed by atoms with Gasteiger partial charge in [-0.05, 0) is 12.8 Å². The maximum Gasteiger partial charge on any atom is 0.326 e. The molecule has 1 rings (SSSR count). The SMILES string of the molecule is CCOC(=O)CSc1cncc(N[C@H](C(=O)O)C(C)C)n1. The van der Waals surface area contributed by atoms with Crippen molar-refractivity contribution in [3.05, 3.63) is 12.4 Å². The number of carbonyl (C=O) groups is 2. The van der Waals surface area contributed by atoms with Crippen LogP contribution in [0.1, 0.15) is 20.8 Å². The first-order valence-corrected chi connectivity index (χ1v) is 7.52. The number of aliphatic carboxylic acids is 1. The zero-order valence-corrected chi connectivity index (χ0v) is 13.0. The lowest BCUT2D eigenvalue weighted by molar-refractivity contribution is -0.140. The zero-order valence-electron chi connectivity index (χ0n) is 12.2. The van der Waals surface area contributed by atoms with Gasteiger partial charge in [0, 0.05) is 0 Å². The molecule has 0 aliphatic rings. The summed E-state index contributed by atoms with van der Waals surface area (Å²) in [7, 11) is 0. The molecule has 1 aromatic heterocycles. The summed E-state index contributed by atoms with van der Waals surface area (Å²) >= 11 is 1.19. The van der Waals surface area contributed by atoms with Crippen molar-refractivity contribution < 1.29 is 19.4 Å². The van der Waals surface area contributed by atoms with Crippen LogP contribution in [-0.4, -0.2) is 45.4 Å². The first-order chi connectivity index (χ1) is 9.93. The Hall–Kier alpha value is -1.83. The van der Waals surface area contributed by atoms with E-state index < -0.39 is 12.0 Å². The van der Waals surface area contributed by atoms with E-state index in [0.29, 0.717) is 17.5 Å². The summed E-state index contributed by atoms with van der Waals surface area (Å²) in [4.78, 5) is 30.6. The highest BCUT2D eigenvalue weighted by Gasteiger charge is 2.21. The van der Waals surface area contributed by atoms with Crippen LogP contribution in [0, 0.1) is 5.92 Å². The number of ether oxygens (including phenoxy) is 1. The van der Waals surface area contributed by atoms with E-state index in [9.17, 15) is 9.59 Å². The number of hydrogen-bond donors (Lipinski definition) is 2. The van der Waals surface area contributed by atoms with Crippen LogP contribution >= 0.6 is 11.8 Å². The van der Waals surface area contributed by atoms with E-state index in [1.165, 1.54) is 24.2 Å². The highest BCUT2D eigenvalue weighted by Crippen LogP contribution is 2.17. The monoisotopic (exact) mass is 313 g/mol. The lowest BCUT2D eigenvalue weighted by atomic mass is 10.1. The normalized spacial score (nSPS) is 12.0. The number of hydrogen-bond acceptors (Lipinski definition) is 7. The van der Waals surface area contributed by atoms with Crippen LogP contribution in [0.3, 0.4) is 0 Å². The molecule has 1 heterocycles. The predicted octanol–water partition coefficient (Wildman–Crippen LogP) is 1.65. The predicted molar refractivity (Wildman–Crippen MR) is 79.3 cm³/mol. The maximum atomic E-state index is 11.3. The molecule has 0 unspecified atom stereocenters. The van der Waals surface area contributed by atoms with Gasteiger partial charge in [-0.25, -0.2) is 9.78 Å². The van der Waals surface area contributed by atoms with E-state index in [4.69, 9.17) is 9.84 Å². The van der Waals surface area contributed by atoms with Gasteiger partial charge in [0.2, 0.25) is 0 Å². The average molecular weight is 313 g/mol. The fourth-order valence-corrected chi connectivity index (χ4v) is 2.14. The van der Waals surface area contributed by atoms with Crippen molar-refractivity contribution in [2.75, 3.05) is 17.7 Å². The van der Waals surface area contributed by atoms with Crippen molar-refractivity contribution in [1.29, 1.82) is 0 Å². The minimum Gasteiger partial charge on any atom is -0.480 e. The fourth-order valence-electron chi connectivity index (χ4n) is 1.50. The van der Waals surface area contributed by atoms with Gasteiger partial charge in [0.25, 0.3) is 0 Å². The minimum absolute atomic E-state index is 0.0971. The number of rotatable bonds is 8. The molecular weight excluding hydrogens is 294 g/mol. The van der Waals surface area contributed by atoms with Crippen LogP contribution < -0.4 is 5.32 Å². The summed E-state index contributed by atoms with van der Waals surface area (Å²) in [5.74, 6) is -0.867. The second kappa shape index (κ2) is 8.46. The molecule has 21 heavy (non-hydrogen) atoms. The van der Waals surface area contributed by atoms with Gasteiger partial charge in [-0.2, -0.15) is 0 Å². The second-order valence-corrected chi connectivity index (χ2v) is 5.54. The number of nitrogens with one attached hydrogen (secondary N) is 1. The topological polar surface area (TPSA) is 101 Å². The van der Waals surface area contributed by atoms with Crippen LogP contribution in [0.2, 0.25) is 0 Å². The Morgan fingerprint density at radius 1 is 1.43 bits per heavy atom. The Labute approximate surface area is 127 Å². The number of carbonyl (C=O) groups excluding carboxylic acids is 1. The van der Waals surface area contributed by atoms with Gasteiger partial charge in [0.05, 0.1) is 24.8 Å². The summed E-state index contributed by atoms with van der Waals surface area (Å²) in [6.07, 6.45) is 2.97. The standard InChI is InChI=1S/C13H19N3O4S/c1-4-20-11(17)7-21-10-6-14-5-9(15-10)16-12(8(2)3)13(18)19/h5-6,8,12H,4,7H2,1-3H3,(H,15,16)(H,18,19)/t12-/m0/s1. The molecular formula is C13H19N3O4S. The van der Waals surface area contributed by atoms with Crippen molar-refractivity contribution in [2.45, 2.75) is 31.8 Å². The third-order valence-corrected chi connectivity index (χ3v) is 3.36. The van der Waals surface area contributed by atoms with Crippen LogP contribution in [0.25, 0.3) is 0 Å². The van der Waals surface area contributed by atoms with Crippen molar-refractivity contribution in [3.63, 3.8) is 0 Å². The lowest BCUT2D eigenvalue weighted by Crippen LogP contribution is -2.34. The van der Waals surface area contributed by atoms with Crippen LogP contribution in [-0.2, 0) is 14.3 Å². The van der Waals surface area contributed by atoms with Gasteiger partial charge in [-0.1, -0.05) is 25.6 Å². The molecule has 0 bridgehead atoms. The molecule has 8 heteroatoms. The van der Waals surface area contributed by atoms with Gasteiger partial charge < -0.3 is 15.2 Å². The lowest BCUT2D eigenvalue weighted by Gasteiger charge is -2.18. The van der Waals surface area contributed by atoms with Crippen LogP contribution in [0.4, 0.5) is 5.82 Å². The second-order valence-electron chi connectivity index (χ2n) is 4.54. The molecule has 116 valence electrons. The van der Waals surface area contributed by atoms with Gasteiger partial charge in [0.15, 0.2) is 0 Å². The van der Waals surface area contributed by atoms with Gasteiger partial charge in [-0.3, -0.25) is 9.78 Å². The molecule has 0 amide bonds. The minimum atomic E-state index is -0.948. The van der Waals surface area contributed by atoms with Crippen molar-refractivity contribution >= 4 is 29.5 Å². The van der Waals surface area contributed by atoms with E-state index >= 15 is 0 Å². The number of thioether (sulfide) groups is 1. The van der Waals surface area contributed by atoms with Gasteiger partial charge >= 0.3 is 11.9 Å². The van der Waals surface area contributed by atoms with Crippen molar-refractivity contribution in [1.82, 2.24) is 9.97 Å². The number of carboxylic acid groups (broad SMARTS) is 1. The largest absolute Gasteiger partial charge is 0.480 e. The molecule has 1 atom stereocenters. The van der Waals surface area contributed by atoms with Crippen molar-refractivity contribution in [2.24, 2.45) is 5.92 Å². The van der Waals surface area contributed by atoms with Crippen LogP contribution in [0.5, 0.6) is 0 Å². The van der Waals surface area contributed by atoms with Gasteiger partial charge in [-0.15, -0.1) is 0 Å². The van der Waals surface area contributed by atoms with E-state index in [1.54, 1.807) is 20.8 Å². The molecule has 0 aliphatic carbocycles. The quantitative estimate of drug-likeness (QED) is 0.552. The molecule has 0 aromatic carbocycles. The third-order valence-electron chi connectivity index (χ3n) is 2.49. The molecule has 1 aromatic rings. The van der Waals surface area contributed by atoms with Crippen LogP contribution in [0.15, 0.2) is 17.4 Å². The molecule has 0 spiro atoms. The fraction of sp³-hybridized carbons (Fsp3) is 0.538. The molecule has 7 nitrogen and oxygen atoms in total. The Kier molecular flexibility index (Phi) is 6.93. The van der Waals surface area contributed by atoms with E-state index in [0.717, 1.165) is 0 Å².